The van der Waals surface area contributed by atoms with E-state index in [1.165, 1.54) is 11.8 Å². The largest absolute Gasteiger partial charge is 0.325 e. The molecular weight excluding hydrogens is 394 g/mol. The summed E-state index contributed by atoms with van der Waals surface area (Å²) in [6.07, 6.45) is 0.102. The average molecular weight is 416 g/mol. The Hall–Kier alpha value is -3.38. The fourth-order valence-corrected chi connectivity index (χ4v) is 4.31. The van der Waals surface area contributed by atoms with Gasteiger partial charge in [-0.3, -0.25) is 14.5 Å². The Kier molecular flexibility index (Phi) is 5.95. The molecule has 0 saturated carbocycles. The first-order valence-corrected chi connectivity index (χ1v) is 10.5. The Morgan fingerprint density at radius 2 is 1.70 bits per heavy atom. The molecule has 4 rings (SSSR count). The van der Waals surface area contributed by atoms with Crippen LogP contribution >= 0.6 is 11.8 Å². The molecule has 0 aliphatic carbocycles. The number of amidine groups is 1. The van der Waals surface area contributed by atoms with E-state index in [0.717, 1.165) is 22.6 Å². The third-order valence-corrected chi connectivity index (χ3v) is 5.77. The van der Waals surface area contributed by atoms with Crippen LogP contribution in [0.3, 0.4) is 0 Å². The number of rotatable bonds is 4. The van der Waals surface area contributed by atoms with E-state index in [9.17, 15) is 9.59 Å². The van der Waals surface area contributed by atoms with Crippen LogP contribution in [-0.2, 0) is 9.59 Å². The van der Waals surface area contributed by atoms with Gasteiger partial charge in [-0.1, -0.05) is 60.3 Å². The SMILES string of the molecule is Cc1cccc(NC(=O)[C@H]2CC(=O)N(c3ccccc3)C(=Nc3ccccc3)S2)c1. The summed E-state index contributed by atoms with van der Waals surface area (Å²) in [6.45, 7) is 1.97. The number of carbonyl (C=O) groups is 2. The fraction of sp³-hybridized carbons (Fsp3) is 0.125. The van der Waals surface area contributed by atoms with Crippen LogP contribution < -0.4 is 10.2 Å². The second-order valence-corrected chi connectivity index (χ2v) is 8.13. The number of aliphatic imine (C=N–C) groups is 1. The molecule has 1 saturated heterocycles. The standard InChI is InChI=1S/C24H21N3O2S/c1-17-9-8-12-19(15-17)25-23(29)21-16-22(28)27(20-13-6-3-7-14-20)24(30-21)26-18-10-4-2-5-11-18/h2-15,21H,16H2,1H3,(H,25,29)/t21-/m1/s1. The van der Waals surface area contributed by atoms with Crippen LogP contribution in [0.5, 0.6) is 0 Å². The molecule has 1 N–H and O–H groups in total. The minimum atomic E-state index is -0.555. The molecule has 0 aromatic heterocycles. The first kappa shape index (κ1) is 19.9. The highest BCUT2D eigenvalue weighted by atomic mass is 32.2. The van der Waals surface area contributed by atoms with E-state index < -0.39 is 5.25 Å². The van der Waals surface area contributed by atoms with Crippen molar-refractivity contribution in [3.8, 4) is 0 Å². The molecule has 0 bridgehead atoms. The molecule has 5 nitrogen and oxygen atoms in total. The topological polar surface area (TPSA) is 61.8 Å². The summed E-state index contributed by atoms with van der Waals surface area (Å²) < 4.78 is 0. The monoisotopic (exact) mass is 415 g/mol. The van der Waals surface area contributed by atoms with Crippen molar-refractivity contribution in [2.45, 2.75) is 18.6 Å². The molecule has 1 aliphatic heterocycles. The third-order valence-electron chi connectivity index (χ3n) is 4.62. The summed E-state index contributed by atoms with van der Waals surface area (Å²) >= 11 is 1.31. The summed E-state index contributed by atoms with van der Waals surface area (Å²) in [5.74, 6) is -0.355. The molecule has 1 fully saturated rings. The van der Waals surface area contributed by atoms with Crippen molar-refractivity contribution < 1.29 is 9.59 Å². The lowest BCUT2D eigenvalue weighted by molar-refractivity contribution is -0.121. The number of aryl methyl sites for hydroxylation is 1. The smallest absolute Gasteiger partial charge is 0.238 e. The number of thioether (sulfide) groups is 1. The molecule has 0 unspecified atom stereocenters. The molecule has 3 aromatic carbocycles. The van der Waals surface area contributed by atoms with E-state index in [4.69, 9.17) is 0 Å². The number of hydrogen-bond donors (Lipinski definition) is 1. The van der Waals surface area contributed by atoms with Crippen molar-refractivity contribution in [2.75, 3.05) is 10.2 Å². The Bertz CT molecular complexity index is 1080. The van der Waals surface area contributed by atoms with Crippen molar-refractivity contribution in [3.05, 3.63) is 90.5 Å². The summed E-state index contributed by atoms with van der Waals surface area (Å²) in [7, 11) is 0. The zero-order valence-corrected chi connectivity index (χ0v) is 17.3. The van der Waals surface area contributed by atoms with Gasteiger partial charge in [0.1, 0.15) is 5.25 Å². The molecule has 1 atom stereocenters. The maximum Gasteiger partial charge on any atom is 0.238 e. The number of para-hydroxylation sites is 2. The lowest BCUT2D eigenvalue weighted by Gasteiger charge is -2.31. The molecule has 0 spiro atoms. The highest BCUT2D eigenvalue weighted by Gasteiger charge is 2.36. The minimum Gasteiger partial charge on any atom is -0.325 e. The first-order valence-electron chi connectivity index (χ1n) is 9.66. The van der Waals surface area contributed by atoms with Crippen molar-refractivity contribution in [1.29, 1.82) is 0 Å². The number of amides is 2. The molecule has 3 aromatic rings. The second-order valence-electron chi connectivity index (χ2n) is 6.96. The molecule has 150 valence electrons. The molecule has 0 radical (unpaired) electrons. The first-order chi connectivity index (χ1) is 14.6. The van der Waals surface area contributed by atoms with E-state index in [-0.39, 0.29) is 18.2 Å². The molecule has 6 heteroatoms. The number of benzene rings is 3. The maximum atomic E-state index is 13.1. The van der Waals surface area contributed by atoms with Gasteiger partial charge in [0.05, 0.1) is 11.4 Å². The van der Waals surface area contributed by atoms with Crippen molar-refractivity contribution in [2.24, 2.45) is 4.99 Å². The van der Waals surface area contributed by atoms with Gasteiger partial charge in [0.25, 0.3) is 0 Å². The summed E-state index contributed by atoms with van der Waals surface area (Å²) in [6, 6.07) is 26.4. The van der Waals surface area contributed by atoms with Gasteiger partial charge in [-0.15, -0.1) is 0 Å². The molecule has 2 amide bonds. The van der Waals surface area contributed by atoms with Crippen LogP contribution in [-0.4, -0.2) is 22.2 Å². The number of hydrogen-bond acceptors (Lipinski definition) is 4. The van der Waals surface area contributed by atoms with Gasteiger partial charge in [-0.2, -0.15) is 0 Å². The minimum absolute atomic E-state index is 0.102. The van der Waals surface area contributed by atoms with E-state index in [1.54, 1.807) is 4.90 Å². The van der Waals surface area contributed by atoms with E-state index >= 15 is 0 Å². The third kappa shape index (κ3) is 4.60. The van der Waals surface area contributed by atoms with Crippen LogP contribution in [0, 0.1) is 6.92 Å². The van der Waals surface area contributed by atoms with Gasteiger partial charge in [0.15, 0.2) is 5.17 Å². The van der Waals surface area contributed by atoms with Crippen LogP contribution in [0.25, 0.3) is 0 Å². The van der Waals surface area contributed by atoms with Crippen LogP contribution in [0.4, 0.5) is 17.1 Å². The van der Waals surface area contributed by atoms with E-state index in [0.29, 0.717) is 5.17 Å². The van der Waals surface area contributed by atoms with Gasteiger partial charge < -0.3 is 5.32 Å². The predicted octanol–water partition coefficient (Wildman–Crippen LogP) is 5.16. The van der Waals surface area contributed by atoms with Crippen molar-refractivity contribution in [3.63, 3.8) is 0 Å². The van der Waals surface area contributed by atoms with Crippen LogP contribution in [0.15, 0.2) is 89.9 Å². The lowest BCUT2D eigenvalue weighted by Crippen LogP contribution is -2.45. The fourth-order valence-electron chi connectivity index (χ4n) is 3.19. The van der Waals surface area contributed by atoms with Crippen molar-refractivity contribution in [1.82, 2.24) is 0 Å². The highest BCUT2D eigenvalue weighted by molar-refractivity contribution is 8.15. The van der Waals surface area contributed by atoms with Gasteiger partial charge in [0, 0.05) is 12.1 Å². The second kappa shape index (κ2) is 8.97. The maximum absolute atomic E-state index is 13.1. The molecule has 1 aliphatic rings. The Labute approximate surface area is 179 Å². The Morgan fingerprint density at radius 1 is 1.00 bits per heavy atom. The van der Waals surface area contributed by atoms with Gasteiger partial charge in [0.2, 0.25) is 11.8 Å². The number of anilines is 2. The average Bonchev–Trinajstić information content (AvgIpc) is 2.75. The zero-order chi connectivity index (χ0) is 20.9. The summed E-state index contributed by atoms with van der Waals surface area (Å²) in [5, 5.41) is 2.86. The zero-order valence-electron chi connectivity index (χ0n) is 16.5. The molecular formula is C24H21N3O2S. The Morgan fingerprint density at radius 3 is 2.40 bits per heavy atom. The van der Waals surface area contributed by atoms with Gasteiger partial charge >= 0.3 is 0 Å². The van der Waals surface area contributed by atoms with Crippen LogP contribution in [0.2, 0.25) is 0 Å². The van der Waals surface area contributed by atoms with E-state index in [2.05, 4.69) is 10.3 Å². The summed E-state index contributed by atoms with van der Waals surface area (Å²) in [4.78, 5) is 32.3. The summed E-state index contributed by atoms with van der Waals surface area (Å²) in [5.41, 5.74) is 3.25. The normalized spacial score (nSPS) is 17.8. The van der Waals surface area contributed by atoms with Gasteiger partial charge in [-0.25, -0.2) is 4.99 Å². The number of nitrogens with one attached hydrogen (secondary N) is 1. The highest BCUT2D eigenvalue weighted by Crippen LogP contribution is 2.33. The molecule has 1 heterocycles. The number of carbonyl (C=O) groups excluding carboxylic acids is 2. The quantitative estimate of drug-likeness (QED) is 0.640. The van der Waals surface area contributed by atoms with Crippen LogP contribution in [0.1, 0.15) is 12.0 Å². The van der Waals surface area contributed by atoms with Crippen molar-refractivity contribution >= 4 is 45.8 Å². The van der Waals surface area contributed by atoms with Gasteiger partial charge in [-0.05, 0) is 48.9 Å². The lowest BCUT2D eigenvalue weighted by atomic mass is 10.2. The Balaban J connectivity index is 1.63. The molecule has 30 heavy (non-hydrogen) atoms. The predicted molar refractivity (Wildman–Crippen MR) is 123 cm³/mol. The number of nitrogens with zero attached hydrogens (tertiary/aromatic N) is 2. The van der Waals surface area contributed by atoms with E-state index in [1.807, 2.05) is 91.9 Å².